The molecular weight excluding hydrogens is 268 g/mol. The summed E-state index contributed by atoms with van der Waals surface area (Å²) in [6.07, 6.45) is 0. The first kappa shape index (κ1) is 13.4. The van der Waals surface area contributed by atoms with Gasteiger partial charge in [-0.1, -0.05) is 12.1 Å². The lowest BCUT2D eigenvalue weighted by Crippen LogP contribution is -2.00. The second kappa shape index (κ2) is 5.41. The van der Waals surface area contributed by atoms with Gasteiger partial charge in [0, 0.05) is 18.7 Å². The minimum absolute atomic E-state index is 0.517. The predicted octanol–water partition coefficient (Wildman–Crippen LogP) is 1.90. The summed E-state index contributed by atoms with van der Waals surface area (Å²) in [6, 6.07) is 11.4. The minimum Gasteiger partial charge on any atom is -0.493 e. The van der Waals surface area contributed by atoms with Crippen molar-refractivity contribution in [2.24, 2.45) is 5.73 Å². The molecule has 0 saturated carbocycles. The maximum atomic E-state index is 5.60. The Bertz CT molecular complexity index is 724. The Morgan fingerprint density at radius 1 is 0.952 bits per heavy atom. The average molecular weight is 284 g/mol. The van der Waals surface area contributed by atoms with Gasteiger partial charge in [-0.05, 0) is 17.7 Å². The zero-order valence-electron chi connectivity index (χ0n) is 11.9. The fraction of sp³-hybridized carbons (Fsp3) is 0.200. The number of ether oxygens (including phenoxy) is 2. The number of nitrogens with two attached hydrogens (primary N) is 1. The van der Waals surface area contributed by atoms with Gasteiger partial charge in [-0.25, -0.2) is 0 Å². The van der Waals surface area contributed by atoms with Gasteiger partial charge in [0.2, 0.25) is 0 Å². The molecule has 0 radical (unpaired) electrons. The summed E-state index contributed by atoms with van der Waals surface area (Å²) in [5.41, 5.74) is 9.03. The van der Waals surface area contributed by atoms with Gasteiger partial charge in [0.25, 0.3) is 0 Å². The van der Waals surface area contributed by atoms with Crippen LogP contribution in [-0.2, 0) is 6.54 Å². The van der Waals surface area contributed by atoms with E-state index in [0.29, 0.717) is 18.0 Å². The number of aromatic nitrogens is 3. The van der Waals surface area contributed by atoms with Crippen LogP contribution < -0.4 is 15.2 Å². The van der Waals surface area contributed by atoms with Crippen LogP contribution in [0.1, 0.15) is 5.56 Å². The Morgan fingerprint density at radius 3 is 1.90 bits per heavy atom. The van der Waals surface area contributed by atoms with Gasteiger partial charge >= 0.3 is 0 Å². The Morgan fingerprint density at radius 2 is 1.48 bits per heavy atom. The Kier molecular flexibility index (Phi) is 3.45. The fourth-order valence-corrected chi connectivity index (χ4v) is 2.13. The first-order valence-corrected chi connectivity index (χ1v) is 6.53. The molecule has 21 heavy (non-hydrogen) atoms. The van der Waals surface area contributed by atoms with Crippen LogP contribution in [0.4, 0.5) is 0 Å². The monoisotopic (exact) mass is 284 g/mol. The molecule has 2 aromatic carbocycles. The molecule has 3 aromatic rings. The quantitative estimate of drug-likeness (QED) is 0.792. The largest absolute Gasteiger partial charge is 0.493 e. The van der Waals surface area contributed by atoms with Crippen molar-refractivity contribution in [2.45, 2.75) is 6.54 Å². The first-order valence-electron chi connectivity index (χ1n) is 6.53. The molecule has 0 aliphatic carbocycles. The predicted molar refractivity (Wildman–Crippen MR) is 79.9 cm³/mol. The van der Waals surface area contributed by atoms with Crippen molar-refractivity contribution in [3.63, 3.8) is 0 Å². The molecule has 6 heteroatoms. The molecule has 0 amide bonds. The topological polar surface area (TPSA) is 75.2 Å². The molecule has 0 atom stereocenters. The average Bonchev–Trinajstić information content (AvgIpc) is 2.96. The van der Waals surface area contributed by atoms with E-state index in [2.05, 4.69) is 10.2 Å². The third-order valence-electron chi connectivity index (χ3n) is 3.29. The molecule has 1 aromatic heterocycles. The van der Waals surface area contributed by atoms with Gasteiger partial charge in [0.1, 0.15) is 11.0 Å². The maximum absolute atomic E-state index is 5.60. The summed E-state index contributed by atoms with van der Waals surface area (Å²) >= 11 is 0. The van der Waals surface area contributed by atoms with Crippen molar-refractivity contribution in [3.05, 3.63) is 42.0 Å². The third kappa shape index (κ3) is 2.41. The molecule has 1 heterocycles. The van der Waals surface area contributed by atoms with Crippen LogP contribution in [0.3, 0.4) is 0 Å². The van der Waals surface area contributed by atoms with Crippen molar-refractivity contribution in [1.29, 1.82) is 0 Å². The first-order chi connectivity index (χ1) is 10.2. The number of fused-ring (bicyclic) bond motifs is 1. The van der Waals surface area contributed by atoms with Crippen molar-refractivity contribution in [2.75, 3.05) is 14.2 Å². The second-order valence-electron chi connectivity index (χ2n) is 4.56. The van der Waals surface area contributed by atoms with Crippen molar-refractivity contribution < 1.29 is 9.47 Å². The Balaban J connectivity index is 2.07. The van der Waals surface area contributed by atoms with E-state index < -0.39 is 0 Å². The maximum Gasteiger partial charge on any atom is 0.163 e. The Hall–Kier alpha value is -2.60. The standard InChI is InChI=1S/C15H16N4O2/c1-20-14-7-12-13(8-15(14)21-2)18-19(17-12)11-5-3-10(9-16)4-6-11/h3-8H,9,16H2,1-2H3. The summed E-state index contributed by atoms with van der Waals surface area (Å²) < 4.78 is 10.5. The number of rotatable bonds is 4. The van der Waals surface area contributed by atoms with E-state index in [0.717, 1.165) is 22.3 Å². The number of nitrogens with zero attached hydrogens (tertiary/aromatic N) is 3. The molecule has 0 bridgehead atoms. The van der Waals surface area contributed by atoms with Crippen LogP contribution in [-0.4, -0.2) is 29.2 Å². The van der Waals surface area contributed by atoms with E-state index in [4.69, 9.17) is 15.2 Å². The van der Waals surface area contributed by atoms with Crippen molar-refractivity contribution in [1.82, 2.24) is 15.0 Å². The van der Waals surface area contributed by atoms with E-state index in [1.165, 1.54) is 0 Å². The molecule has 0 aliphatic heterocycles. The van der Waals surface area contributed by atoms with Crippen LogP contribution >= 0.6 is 0 Å². The molecule has 3 rings (SSSR count). The highest BCUT2D eigenvalue weighted by atomic mass is 16.5. The highest BCUT2D eigenvalue weighted by Gasteiger charge is 2.11. The summed E-state index contributed by atoms with van der Waals surface area (Å²) in [6.45, 7) is 0.517. The zero-order valence-corrected chi connectivity index (χ0v) is 11.9. The molecule has 0 fully saturated rings. The summed E-state index contributed by atoms with van der Waals surface area (Å²) in [5.74, 6) is 1.27. The summed E-state index contributed by atoms with van der Waals surface area (Å²) in [4.78, 5) is 1.59. The lowest BCUT2D eigenvalue weighted by atomic mass is 10.2. The molecular formula is C15H16N4O2. The second-order valence-corrected chi connectivity index (χ2v) is 4.56. The summed E-state index contributed by atoms with van der Waals surface area (Å²) in [7, 11) is 3.19. The Labute approximate surface area is 122 Å². The molecule has 0 spiro atoms. The van der Waals surface area contributed by atoms with Crippen LogP contribution in [0.5, 0.6) is 11.5 Å². The van der Waals surface area contributed by atoms with E-state index in [1.54, 1.807) is 19.0 Å². The van der Waals surface area contributed by atoms with Gasteiger partial charge in [-0.15, -0.1) is 10.2 Å². The van der Waals surface area contributed by atoms with E-state index >= 15 is 0 Å². The molecule has 0 aliphatic rings. The van der Waals surface area contributed by atoms with Crippen molar-refractivity contribution in [3.8, 4) is 17.2 Å². The smallest absolute Gasteiger partial charge is 0.163 e. The number of benzene rings is 2. The van der Waals surface area contributed by atoms with Gasteiger partial charge in [-0.2, -0.15) is 4.80 Å². The van der Waals surface area contributed by atoms with E-state index in [9.17, 15) is 0 Å². The van der Waals surface area contributed by atoms with E-state index in [-0.39, 0.29) is 0 Å². The fourth-order valence-electron chi connectivity index (χ4n) is 2.13. The van der Waals surface area contributed by atoms with Gasteiger partial charge < -0.3 is 15.2 Å². The molecule has 0 unspecified atom stereocenters. The van der Waals surface area contributed by atoms with E-state index in [1.807, 2.05) is 36.4 Å². The lowest BCUT2D eigenvalue weighted by molar-refractivity contribution is 0.356. The third-order valence-corrected chi connectivity index (χ3v) is 3.29. The highest BCUT2D eigenvalue weighted by Crippen LogP contribution is 2.30. The summed E-state index contributed by atoms with van der Waals surface area (Å²) in [5, 5.41) is 8.92. The number of hydrogen-bond acceptors (Lipinski definition) is 5. The molecule has 108 valence electrons. The highest BCUT2D eigenvalue weighted by molar-refractivity contribution is 5.78. The van der Waals surface area contributed by atoms with Crippen LogP contribution in [0.15, 0.2) is 36.4 Å². The minimum atomic E-state index is 0.517. The van der Waals surface area contributed by atoms with Gasteiger partial charge in [-0.3, -0.25) is 0 Å². The molecule has 2 N–H and O–H groups in total. The normalized spacial score (nSPS) is 10.8. The van der Waals surface area contributed by atoms with Crippen molar-refractivity contribution >= 4 is 11.0 Å². The number of methoxy groups -OCH3 is 2. The van der Waals surface area contributed by atoms with Gasteiger partial charge in [0.05, 0.1) is 19.9 Å². The zero-order chi connectivity index (χ0) is 14.8. The van der Waals surface area contributed by atoms with Crippen LogP contribution in [0.2, 0.25) is 0 Å². The SMILES string of the molecule is COc1cc2nn(-c3ccc(CN)cc3)nc2cc1OC. The van der Waals surface area contributed by atoms with Gasteiger partial charge in [0.15, 0.2) is 11.5 Å². The van der Waals surface area contributed by atoms with Crippen LogP contribution in [0.25, 0.3) is 16.7 Å². The molecule has 0 saturated heterocycles. The number of hydrogen-bond donors (Lipinski definition) is 1. The molecule has 6 nitrogen and oxygen atoms in total. The van der Waals surface area contributed by atoms with Crippen LogP contribution in [0, 0.1) is 0 Å². The lowest BCUT2D eigenvalue weighted by Gasteiger charge is -2.05.